The van der Waals surface area contributed by atoms with Crippen LogP contribution in [-0.4, -0.2) is 13.1 Å². The Bertz CT molecular complexity index is 377. The van der Waals surface area contributed by atoms with Gasteiger partial charge in [0, 0.05) is 0 Å². The smallest absolute Gasteiger partial charge is 0.00258 e. The molecule has 1 aromatic rings. The Balaban J connectivity index is 2.59. The van der Waals surface area contributed by atoms with E-state index in [1.807, 2.05) is 0 Å². The molecule has 0 aromatic heterocycles. The van der Waals surface area contributed by atoms with Crippen molar-refractivity contribution < 1.29 is 0 Å². The molecule has 1 nitrogen and oxygen atoms in total. The third kappa shape index (κ3) is 4.45. The summed E-state index contributed by atoms with van der Waals surface area (Å²) >= 11 is 0. The van der Waals surface area contributed by atoms with Crippen molar-refractivity contribution in [3.05, 3.63) is 34.9 Å². The number of hydrogen-bond donors (Lipinski definition) is 1. The molecule has 0 aliphatic rings. The topological polar surface area (TPSA) is 12.0 Å². The highest BCUT2D eigenvalue weighted by Gasteiger charge is 2.20. The van der Waals surface area contributed by atoms with E-state index in [4.69, 9.17) is 0 Å². The summed E-state index contributed by atoms with van der Waals surface area (Å²) in [5.41, 5.74) is 4.49. The predicted molar refractivity (Wildman–Crippen MR) is 81.3 cm³/mol. The van der Waals surface area contributed by atoms with E-state index in [1.54, 1.807) is 0 Å². The van der Waals surface area contributed by atoms with E-state index in [9.17, 15) is 0 Å². The van der Waals surface area contributed by atoms with Gasteiger partial charge in [0.05, 0.1) is 0 Å². The standard InChI is InChI=1S/C17H29N/c1-13(2)12-18-10-9-17(5,6)16-8-7-14(3)15(4)11-16/h7-8,11,13,18H,9-10,12H2,1-6H3. The summed E-state index contributed by atoms with van der Waals surface area (Å²) in [6.07, 6.45) is 1.18. The minimum atomic E-state index is 0.252. The molecule has 0 saturated heterocycles. The molecule has 0 aliphatic carbocycles. The Kier molecular flexibility index (Phi) is 5.40. The van der Waals surface area contributed by atoms with Gasteiger partial charge in [-0.3, -0.25) is 0 Å². The number of rotatable bonds is 6. The third-order valence-corrected chi connectivity index (χ3v) is 3.77. The van der Waals surface area contributed by atoms with Gasteiger partial charge in [0.25, 0.3) is 0 Å². The molecule has 0 aliphatic heterocycles. The number of benzene rings is 1. The van der Waals surface area contributed by atoms with Gasteiger partial charge in [-0.1, -0.05) is 45.9 Å². The lowest BCUT2D eigenvalue weighted by molar-refractivity contribution is 0.442. The molecule has 0 saturated carbocycles. The van der Waals surface area contributed by atoms with Crippen molar-refractivity contribution >= 4 is 0 Å². The number of hydrogen-bond acceptors (Lipinski definition) is 1. The summed E-state index contributed by atoms with van der Waals surface area (Å²) in [6.45, 7) is 15.8. The van der Waals surface area contributed by atoms with Crippen molar-refractivity contribution in [2.24, 2.45) is 5.92 Å². The lowest BCUT2D eigenvalue weighted by Gasteiger charge is -2.26. The van der Waals surface area contributed by atoms with E-state index < -0.39 is 0 Å². The highest BCUT2D eigenvalue weighted by molar-refractivity contribution is 5.33. The van der Waals surface area contributed by atoms with E-state index in [2.05, 4.69) is 65.1 Å². The Labute approximate surface area is 113 Å². The van der Waals surface area contributed by atoms with Crippen LogP contribution in [0.1, 0.15) is 50.8 Å². The summed E-state index contributed by atoms with van der Waals surface area (Å²) in [4.78, 5) is 0. The molecule has 1 N–H and O–H groups in total. The first-order chi connectivity index (χ1) is 8.33. The van der Waals surface area contributed by atoms with Crippen LogP contribution in [0.25, 0.3) is 0 Å². The van der Waals surface area contributed by atoms with Gasteiger partial charge in [-0.05, 0) is 61.4 Å². The zero-order valence-electron chi connectivity index (χ0n) is 12.9. The molecule has 1 aromatic carbocycles. The fourth-order valence-corrected chi connectivity index (χ4v) is 2.10. The summed E-state index contributed by atoms with van der Waals surface area (Å²) in [5, 5.41) is 3.54. The quantitative estimate of drug-likeness (QED) is 0.742. The largest absolute Gasteiger partial charge is 0.316 e. The van der Waals surface area contributed by atoms with Gasteiger partial charge in [0.15, 0.2) is 0 Å². The maximum absolute atomic E-state index is 3.54. The number of aryl methyl sites for hydroxylation is 2. The first-order valence-electron chi connectivity index (χ1n) is 7.11. The first-order valence-corrected chi connectivity index (χ1v) is 7.11. The zero-order valence-corrected chi connectivity index (χ0v) is 12.9. The summed E-state index contributed by atoms with van der Waals surface area (Å²) < 4.78 is 0. The molecule has 0 spiro atoms. The van der Waals surface area contributed by atoms with Gasteiger partial charge in [-0.25, -0.2) is 0 Å². The first kappa shape index (κ1) is 15.2. The fraction of sp³-hybridized carbons (Fsp3) is 0.647. The second-order valence-corrected chi connectivity index (χ2v) is 6.53. The van der Waals surface area contributed by atoms with Crippen molar-refractivity contribution in [2.75, 3.05) is 13.1 Å². The predicted octanol–water partition coefficient (Wildman–Crippen LogP) is 4.22. The van der Waals surface area contributed by atoms with E-state index >= 15 is 0 Å². The molecule has 1 heteroatoms. The van der Waals surface area contributed by atoms with Crippen LogP contribution in [0.4, 0.5) is 0 Å². The minimum absolute atomic E-state index is 0.252. The molecule has 0 amide bonds. The van der Waals surface area contributed by atoms with E-state index in [1.165, 1.54) is 23.1 Å². The molecule has 18 heavy (non-hydrogen) atoms. The second kappa shape index (κ2) is 6.38. The van der Waals surface area contributed by atoms with Crippen molar-refractivity contribution in [1.29, 1.82) is 0 Å². The van der Waals surface area contributed by atoms with Crippen molar-refractivity contribution in [2.45, 2.75) is 53.4 Å². The normalized spacial score (nSPS) is 12.2. The third-order valence-electron chi connectivity index (χ3n) is 3.77. The van der Waals surface area contributed by atoms with Crippen LogP contribution in [0, 0.1) is 19.8 Å². The second-order valence-electron chi connectivity index (χ2n) is 6.53. The van der Waals surface area contributed by atoms with Crippen LogP contribution in [0.15, 0.2) is 18.2 Å². The minimum Gasteiger partial charge on any atom is -0.316 e. The van der Waals surface area contributed by atoms with Crippen LogP contribution < -0.4 is 5.32 Å². The molecule has 0 unspecified atom stereocenters. The molecule has 1 rings (SSSR count). The Hall–Kier alpha value is -0.820. The molecular weight excluding hydrogens is 218 g/mol. The van der Waals surface area contributed by atoms with E-state index in [0.29, 0.717) is 0 Å². The van der Waals surface area contributed by atoms with Crippen LogP contribution in [0.5, 0.6) is 0 Å². The average molecular weight is 247 g/mol. The SMILES string of the molecule is Cc1ccc(C(C)(C)CCNCC(C)C)cc1C. The van der Waals surface area contributed by atoms with Crippen LogP contribution in [0.2, 0.25) is 0 Å². The van der Waals surface area contributed by atoms with Crippen molar-refractivity contribution in [3.63, 3.8) is 0 Å². The van der Waals surface area contributed by atoms with Crippen LogP contribution in [0.3, 0.4) is 0 Å². The molecule has 0 fully saturated rings. The lowest BCUT2D eigenvalue weighted by atomic mass is 9.80. The van der Waals surface area contributed by atoms with Gasteiger partial charge >= 0.3 is 0 Å². The molecule has 0 radical (unpaired) electrons. The molecule has 102 valence electrons. The Morgan fingerprint density at radius 3 is 2.33 bits per heavy atom. The van der Waals surface area contributed by atoms with Gasteiger partial charge in [0.1, 0.15) is 0 Å². The fourth-order valence-electron chi connectivity index (χ4n) is 2.10. The summed E-state index contributed by atoms with van der Waals surface area (Å²) in [7, 11) is 0. The highest BCUT2D eigenvalue weighted by Crippen LogP contribution is 2.28. The molecule has 0 bridgehead atoms. The highest BCUT2D eigenvalue weighted by atomic mass is 14.8. The summed E-state index contributed by atoms with van der Waals surface area (Å²) in [5.74, 6) is 0.731. The Morgan fingerprint density at radius 2 is 1.78 bits per heavy atom. The van der Waals surface area contributed by atoms with Gasteiger partial charge in [-0.2, -0.15) is 0 Å². The van der Waals surface area contributed by atoms with E-state index in [0.717, 1.165) is 19.0 Å². The van der Waals surface area contributed by atoms with Crippen LogP contribution in [-0.2, 0) is 5.41 Å². The maximum atomic E-state index is 3.54. The van der Waals surface area contributed by atoms with Gasteiger partial charge < -0.3 is 5.32 Å². The van der Waals surface area contributed by atoms with Crippen molar-refractivity contribution in [1.82, 2.24) is 5.32 Å². The summed E-state index contributed by atoms with van der Waals surface area (Å²) in [6, 6.07) is 6.87. The van der Waals surface area contributed by atoms with Gasteiger partial charge in [-0.15, -0.1) is 0 Å². The van der Waals surface area contributed by atoms with E-state index in [-0.39, 0.29) is 5.41 Å². The monoisotopic (exact) mass is 247 g/mol. The number of nitrogens with one attached hydrogen (secondary N) is 1. The average Bonchev–Trinajstić information content (AvgIpc) is 2.28. The van der Waals surface area contributed by atoms with Crippen LogP contribution >= 0.6 is 0 Å². The van der Waals surface area contributed by atoms with Gasteiger partial charge in [0.2, 0.25) is 0 Å². The molecule has 0 atom stereocenters. The zero-order chi connectivity index (χ0) is 13.8. The van der Waals surface area contributed by atoms with Crippen molar-refractivity contribution in [3.8, 4) is 0 Å². The molecular formula is C17H29N. The molecule has 0 heterocycles. The Morgan fingerprint density at radius 1 is 1.11 bits per heavy atom. The maximum Gasteiger partial charge on any atom is -0.00258 e. The lowest BCUT2D eigenvalue weighted by Crippen LogP contribution is -2.27.